The molecule has 0 bridgehead atoms. The summed E-state index contributed by atoms with van der Waals surface area (Å²) in [6.45, 7) is 4.65. The van der Waals surface area contributed by atoms with Crippen LogP contribution >= 0.6 is 0 Å². The van der Waals surface area contributed by atoms with E-state index in [9.17, 15) is 18.3 Å². The molecule has 42 heavy (non-hydrogen) atoms. The van der Waals surface area contributed by atoms with Crippen molar-refractivity contribution in [3.05, 3.63) is 76.5 Å². The van der Waals surface area contributed by atoms with Gasteiger partial charge >= 0.3 is 0 Å². The van der Waals surface area contributed by atoms with E-state index >= 15 is 0 Å². The fraction of sp³-hybridized carbons (Fsp3) is 0.528. The van der Waals surface area contributed by atoms with Gasteiger partial charge in [-0.1, -0.05) is 43.4 Å². The van der Waals surface area contributed by atoms with Crippen LogP contribution in [0.3, 0.4) is 0 Å². The molecule has 0 aromatic heterocycles. The predicted octanol–water partition coefficient (Wildman–Crippen LogP) is 6.02. The molecule has 5 aliphatic carbocycles. The zero-order valence-electron chi connectivity index (χ0n) is 25.5. The lowest BCUT2D eigenvalue weighted by atomic mass is 9.47. The van der Waals surface area contributed by atoms with Crippen LogP contribution in [-0.2, 0) is 14.6 Å². The Morgan fingerprint density at radius 1 is 1.05 bits per heavy atom. The number of sulfone groups is 1. The number of aliphatic hydroxyl groups is 1. The molecule has 1 unspecified atom stereocenters. The highest BCUT2D eigenvalue weighted by atomic mass is 32.2. The molecule has 6 heteroatoms. The first-order valence-corrected chi connectivity index (χ1v) is 17.2. The van der Waals surface area contributed by atoms with Gasteiger partial charge in [-0.2, -0.15) is 0 Å². The van der Waals surface area contributed by atoms with Crippen LogP contribution in [0.5, 0.6) is 0 Å². The van der Waals surface area contributed by atoms with Gasteiger partial charge in [0.25, 0.3) is 0 Å². The summed E-state index contributed by atoms with van der Waals surface area (Å²) in [5, 5.41) is 12.4. The molecule has 1 aromatic carbocycles. The molecule has 5 aliphatic rings. The minimum absolute atomic E-state index is 0.101. The molecule has 2 fully saturated rings. The highest BCUT2D eigenvalue weighted by Gasteiger charge is 2.64. The summed E-state index contributed by atoms with van der Waals surface area (Å²) in [6, 6.07) is 6.64. The highest BCUT2D eigenvalue weighted by molar-refractivity contribution is 7.90. The minimum atomic E-state index is -3.28. The van der Waals surface area contributed by atoms with Crippen LogP contribution in [0.25, 0.3) is 0 Å². The van der Waals surface area contributed by atoms with Crippen LogP contribution in [0.2, 0.25) is 0 Å². The van der Waals surface area contributed by atoms with Gasteiger partial charge in [0.1, 0.15) is 5.60 Å². The number of carbonyl (C=O) groups excluding carboxylic acids is 1. The molecule has 1 N–H and O–H groups in total. The van der Waals surface area contributed by atoms with E-state index in [1.165, 1.54) is 23.1 Å². The van der Waals surface area contributed by atoms with Crippen molar-refractivity contribution >= 4 is 15.6 Å². The van der Waals surface area contributed by atoms with Gasteiger partial charge in [-0.3, -0.25) is 4.79 Å². The van der Waals surface area contributed by atoms with Gasteiger partial charge in [-0.25, -0.2) is 8.42 Å². The number of ketones is 1. The topological polar surface area (TPSA) is 74.7 Å². The third-order valence-electron chi connectivity index (χ3n) is 11.3. The Hall–Kier alpha value is -2.88. The molecule has 0 heterocycles. The zero-order valence-corrected chi connectivity index (χ0v) is 26.4. The molecule has 0 spiro atoms. The lowest BCUT2D eigenvalue weighted by Gasteiger charge is -2.57. The first kappa shape index (κ1) is 29.2. The van der Waals surface area contributed by atoms with Crippen molar-refractivity contribution in [2.75, 3.05) is 20.4 Å². The molecule has 6 atom stereocenters. The minimum Gasteiger partial charge on any atom is -0.378 e. The highest BCUT2D eigenvalue weighted by Crippen LogP contribution is 2.67. The van der Waals surface area contributed by atoms with Gasteiger partial charge in [0.2, 0.25) is 0 Å². The fourth-order valence-corrected chi connectivity index (χ4v) is 9.38. The van der Waals surface area contributed by atoms with E-state index in [-0.39, 0.29) is 27.4 Å². The van der Waals surface area contributed by atoms with E-state index in [0.29, 0.717) is 30.2 Å². The molecule has 5 nitrogen and oxygen atoms in total. The molecule has 222 valence electrons. The van der Waals surface area contributed by atoms with Gasteiger partial charge in [0, 0.05) is 43.4 Å². The standard InChI is InChI=1S/C36H43NO4S/c1-34(18-15-26(16-19-34)37(3)4)32-23-35(2)31(30-12-8-25-22-27(38)9-13-29(25)33(30)32)17-21-36(35,39)20-14-24-6-10-28(11-7-24)42(5,40)41/h6-7,10-11,15-16,18,22,30-32,39H,8-9,12-13,17,19,21,23H2,1-5H3/t30-,31-,32-,34?,35-,36-/m0/s1. The van der Waals surface area contributed by atoms with E-state index in [4.69, 9.17) is 0 Å². The van der Waals surface area contributed by atoms with Crippen LogP contribution in [-0.4, -0.2) is 50.2 Å². The van der Waals surface area contributed by atoms with Gasteiger partial charge in [0.15, 0.2) is 15.6 Å². The summed E-state index contributed by atoms with van der Waals surface area (Å²) in [4.78, 5) is 14.8. The number of fused-ring (bicyclic) bond motifs is 4. The van der Waals surface area contributed by atoms with E-state index in [2.05, 4.69) is 62.9 Å². The summed E-state index contributed by atoms with van der Waals surface area (Å²) in [5.74, 6) is 7.76. The van der Waals surface area contributed by atoms with Crippen molar-refractivity contribution in [1.29, 1.82) is 0 Å². The van der Waals surface area contributed by atoms with E-state index in [0.717, 1.165) is 38.5 Å². The summed E-state index contributed by atoms with van der Waals surface area (Å²) in [6.07, 6.45) is 16.8. The number of carbonyl (C=O) groups is 1. The summed E-state index contributed by atoms with van der Waals surface area (Å²) in [7, 11) is 0.878. The number of allylic oxidation sites excluding steroid dienone is 7. The predicted molar refractivity (Wildman–Crippen MR) is 166 cm³/mol. The molecule has 2 saturated carbocycles. The second kappa shape index (κ2) is 10.1. The van der Waals surface area contributed by atoms with Crippen molar-refractivity contribution in [1.82, 2.24) is 4.90 Å². The number of likely N-dealkylation sites (N-methyl/N-ethyl adjacent to an activating group) is 1. The monoisotopic (exact) mass is 585 g/mol. The van der Waals surface area contributed by atoms with Crippen molar-refractivity contribution in [3.63, 3.8) is 0 Å². The van der Waals surface area contributed by atoms with Crippen molar-refractivity contribution in [3.8, 4) is 11.8 Å². The molecule has 6 rings (SSSR count). The second-order valence-corrected chi connectivity index (χ2v) is 16.0. The fourth-order valence-electron chi connectivity index (χ4n) is 8.75. The Bertz CT molecular complexity index is 1620. The Morgan fingerprint density at radius 2 is 1.79 bits per heavy atom. The molecule has 0 saturated heterocycles. The lowest BCUT2D eigenvalue weighted by molar-refractivity contribution is -0.114. The summed E-state index contributed by atoms with van der Waals surface area (Å²) in [5.41, 5.74) is 4.55. The number of nitrogens with zero attached hydrogens (tertiary/aromatic N) is 1. The maximum atomic E-state index is 12.4. The average Bonchev–Trinajstić information content (AvgIpc) is 3.21. The van der Waals surface area contributed by atoms with Crippen LogP contribution in [0.1, 0.15) is 70.8 Å². The molecule has 0 radical (unpaired) electrons. The van der Waals surface area contributed by atoms with Gasteiger partial charge < -0.3 is 10.0 Å². The van der Waals surface area contributed by atoms with Gasteiger partial charge in [0.05, 0.1) is 4.90 Å². The molecular formula is C36H43NO4S. The molecule has 0 aliphatic heterocycles. The van der Waals surface area contributed by atoms with Gasteiger partial charge in [-0.05, 0) is 116 Å². The quantitative estimate of drug-likeness (QED) is 0.440. The van der Waals surface area contributed by atoms with Crippen LogP contribution < -0.4 is 0 Å². The van der Waals surface area contributed by atoms with Crippen LogP contribution in [0.4, 0.5) is 0 Å². The Balaban J connectivity index is 1.42. The summed E-state index contributed by atoms with van der Waals surface area (Å²) >= 11 is 0. The van der Waals surface area contributed by atoms with Crippen LogP contribution in [0.15, 0.2) is 75.9 Å². The number of hydrogen-bond donors (Lipinski definition) is 1. The second-order valence-electron chi connectivity index (χ2n) is 14.0. The van der Waals surface area contributed by atoms with Gasteiger partial charge in [-0.15, -0.1) is 0 Å². The largest absolute Gasteiger partial charge is 0.378 e. The average molecular weight is 586 g/mol. The summed E-state index contributed by atoms with van der Waals surface area (Å²) < 4.78 is 23.8. The third kappa shape index (κ3) is 4.74. The maximum Gasteiger partial charge on any atom is 0.175 e. The smallest absolute Gasteiger partial charge is 0.175 e. The number of hydrogen-bond acceptors (Lipinski definition) is 5. The first-order valence-electron chi connectivity index (χ1n) is 15.3. The zero-order chi connectivity index (χ0) is 30.1. The van der Waals surface area contributed by atoms with E-state index < -0.39 is 15.4 Å². The molecular weight excluding hydrogens is 542 g/mol. The van der Waals surface area contributed by atoms with E-state index in [1.54, 1.807) is 29.8 Å². The lowest BCUT2D eigenvalue weighted by Crippen LogP contribution is -2.53. The number of benzene rings is 1. The van der Waals surface area contributed by atoms with Crippen molar-refractivity contribution < 1.29 is 18.3 Å². The Kier molecular flexibility index (Phi) is 7.02. The van der Waals surface area contributed by atoms with Crippen molar-refractivity contribution in [2.24, 2.45) is 28.6 Å². The van der Waals surface area contributed by atoms with Crippen molar-refractivity contribution in [2.45, 2.75) is 75.7 Å². The normalized spacial score (nSPS) is 35.8. The maximum absolute atomic E-state index is 12.4. The Morgan fingerprint density at radius 3 is 2.43 bits per heavy atom. The molecule has 1 aromatic rings. The Labute approximate surface area is 251 Å². The first-order chi connectivity index (χ1) is 19.7. The van der Waals surface area contributed by atoms with Crippen LogP contribution in [0, 0.1) is 40.4 Å². The number of rotatable bonds is 3. The third-order valence-corrected chi connectivity index (χ3v) is 12.4. The SMILES string of the molecule is CN(C)C1=CCC(C)([C@H]2C[C@@]3(C)[C@@H](CC[C@@]3(O)C#Cc3ccc(S(C)(=O)=O)cc3)[C@@H]3CCC4=CC(=O)CCC4=C32)C=C1. The van der Waals surface area contributed by atoms with E-state index in [1.807, 2.05) is 6.08 Å². The molecule has 0 amide bonds.